The predicted octanol–water partition coefficient (Wildman–Crippen LogP) is 4.32. The number of hydrogen-bond acceptors (Lipinski definition) is 3. The molecule has 7 heteroatoms. The van der Waals surface area contributed by atoms with E-state index in [1.54, 1.807) is 34.1 Å². The summed E-state index contributed by atoms with van der Waals surface area (Å²) in [7, 11) is 1.98. The van der Waals surface area contributed by atoms with Gasteiger partial charge in [0.25, 0.3) is 11.8 Å². The summed E-state index contributed by atoms with van der Waals surface area (Å²) >= 11 is 0. The van der Waals surface area contributed by atoms with Gasteiger partial charge in [0.15, 0.2) is 0 Å². The lowest BCUT2D eigenvalue weighted by molar-refractivity contribution is -0.116. The Labute approximate surface area is 196 Å². The first-order chi connectivity index (χ1) is 16.5. The zero-order valence-corrected chi connectivity index (χ0v) is 18.6. The SMILES string of the molecule is Cn1ccc2cc(NC(=O)CCN3C(=O)c4ccccc4N4C(=O)c5ccccc5[C@H]34)ccc21. The van der Waals surface area contributed by atoms with Crippen molar-refractivity contribution < 1.29 is 14.4 Å². The average molecular weight is 450 g/mol. The monoisotopic (exact) mass is 450 g/mol. The third-order valence-corrected chi connectivity index (χ3v) is 6.63. The first kappa shape index (κ1) is 20.2. The second kappa shape index (κ2) is 7.59. The number of carbonyl (C=O) groups excluding carboxylic acids is 3. The molecule has 0 spiro atoms. The summed E-state index contributed by atoms with van der Waals surface area (Å²) in [5.74, 6) is -0.503. The van der Waals surface area contributed by atoms with Crippen LogP contribution in [0.1, 0.15) is 38.9 Å². The Morgan fingerprint density at radius 1 is 0.912 bits per heavy atom. The highest BCUT2D eigenvalue weighted by Crippen LogP contribution is 2.45. The van der Waals surface area contributed by atoms with Crippen molar-refractivity contribution in [3.05, 3.63) is 95.7 Å². The molecule has 2 aliphatic rings. The molecule has 0 fully saturated rings. The minimum absolute atomic E-state index is 0.113. The van der Waals surface area contributed by atoms with Crippen molar-refractivity contribution in [3.63, 3.8) is 0 Å². The van der Waals surface area contributed by atoms with Crippen molar-refractivity contribution in [2.24, 2.45) is 7.05 Å². The lowest BCUT2D eigenvalue weighted by Gasteiger charge is -2.40. The Morgan fingerprint density at radius 2 is 1.68 bits per heavy atom. The molecule has 4 aromatic rings. The second-order valence-electron chi connectivity index (χ2n) is 8.65. The number of anilines is 2. The zero-order valence-electron chi connectivity index (χ0n) is 18.6. The van der Waals surface area contributed by atoms with Gasteiger partial charge in [0.05, 0.1) is 11.3 Å². The van der Waals surface area contributed by atoms with Crippen molar-refractivity contribution >= 4 is 40.0 Å². The van der Waals surface area contributed by atoms with E-state index in [2.05, 4.69) is 5.32 Å². The van der Waals surface area contributed by atoms with Crippen molar-refractivity contribution in [1.82, 2.24) is 9.47 Å². The Morgan fingerprint density at radius 3 is 2.53 bits per heavy atom. The molecule has 3 amide bonds. The molecular formula is C27H22N4O3. The molecule has 168 valence electrons. The summed E-state index contributed by atoms with van der Waals surface area (Å²) in [6.07, 6.45) is 1.53. The largest absolute Gasteiger partial charge is 0.351 e. The standard InChI is InChI=1S/C27H22N4O3/c1-29-14-12-17-16-18(10-11-22(17)29)28-24(32)13-15-30-25-19-6-2-3-7-20(19)27(34)31(25)23-9-5-4-8-21(23)26(30)33/h2-12,14,16,25H,13,15H2,1H3,(H,28,32)/t25-/m1/s1. The van der Waals surface area contributed by atoms with Gasteiger partial charge in [0.1, 0.15) is 6.17 Å². The van der Waals surface area contributed by atoms with Gasteiger partial charge in [-0.1, -0.05) is 30.3 Å². The summed E-state index contributed by atoms with van der Waals surface area (Å²) in [6.45, 7) is 0.190. The summed E-state index contributed by atoms with van der Waals surface area (Å²) < 4.78 is 2.02. The minimum atomic E-state index is -0.556. The third kappa shape index (κ3) is 3.01. The topological polar surface area (TPSA) is 74.7 Å². The molecule has 2 aliphatic heterocycles. The Hall–Kier alpha value is -4.39. The van der Waals surface area contributed by atoms with E-state index >= 15 is 0 Å². The van der Waals surface area contributed by atoms with Gasteiger partial charge in [-0.3, -0.25) is 19.3 Å². The molecule has 1 N–H and O–H groups in total. The van der Waals surface area contributed by atoms with E-state index in [-0.39, 0.29) is 30.7 Å². The number of amides is 3. The van der Waals surface area contributed by atoms with Gasteiger partial charge in [-0.2, -0.15) is 0 Å². The molecule has 34 heavy (non-hydrogen) atoms. The van der Waals surface area contributed by atoms with Crippen LogP contribution in [0, 0.1) is 0 Å². The molecule has 0 unspecified atom stereocenters. The van der Waals surface area contributed by atoms with E-state index in [0.29, 0.717) is 22.5 Å². The molecule has 0 saturated carbocycles. The number of fused-ring (bicyclic) bond motifs is 6. The Kier molecular flexibility index (Phi) is 4.52. The molecule has 0 radical (unpaired) electrons. The lowest BCUT2D eigenvalue weighted by atomic mass is 10.0. The van der Waals surface area contributed by atoms with E-state index in [9.17, 15) is 14.4 Å². The van der Waals surface area contributed by atoms with Gasteiger partial charge >= 0.3 is 0 Å². The van der Waals surface area contributed by atoms with Gasteiger partial charge in [0, 0.05) is 53.9 Å². The number of aryl methyl sites for hydroxylation is 1. The molecule has 0 bridgehead atoms. The Balaban J connectivity index is 1.27. The summed E-state index contributed by atoms with van der Waals surface area (Å²) in [4.78, 5) is 42.8. The number of benzene rings is 3. The quantitative estimate of drug-likeness (QED) is 0.503. The number of rotatable bonds is 4. The fraction of sp³-hybridized carbons (Fsp3) is 0.148. The second-order valence-corrected chi connectivity index (χ2v) is 8.65. The van der Waals surface area contributed by atoms with Crippen LogP contribution >= 0.6 is 0 Å². The van der Waals surface area contributed by atoms with Crippen LogP contribution in [-0.4, -0.2) is 33.7 Å². The van der Waals surface area contributed by atoms with Gasteiger partial charge < -0.3 is 14.8 Å². The molecule has 1 aromatic heterocycles. The number of carbonyl (C=O) groups is 3. The van der Waals surface area contributed by atoms with E-state index in [4.69, 9.17) is 0 Å². The predicted molar refractivity (Wildman–Crippen MR) is 130 cm³/mol. The zero-order chi connectivity index (χ0) is 23.4. The van der Waals surface area contributed by atoms with Gasteiger partial charge in [-0.15, -0.1) is 0 Å². The van der Waals surface area contributed by atoms with Gasteiger partial charge in [-0.05, 0) is 42.5 Å². The summed E-state index contributed by atoms with van der Waals surface area (Å²) in [6, 6.07) is 22.3. The van der Waals surface area contributed by atoms with Crippen molar-refractivity contribution in [2.75, 3.05) is 16.8 Å². The van der Waals surface area contributed by atoms with E-state index < -0.39 is 6.17 Å². The number of nitrogens with zero attached hydrogens (tertiary/aromatic N) is 3. The van der Waals surface area contributed by atoms with Crippen LogP contribution in [0.3, 0.4) is 0 Å². The van der Waals surface area contributed by atoms with Crippen LogP contribution in [0.2, 0.25) is 0 Å². The van der Waals surface area contributed by atoms with E-state index in [1.807, 2.05) is 66.3 Å². The highest BCUT2D eigenvalue weighted by Gasteiger charge is 2.47. The van der Waals surface area contributed by atoms with Crippen molar-refractivity contribution in [1.29, 1.82) is 0 Å². The van der Waals surface area contributed by atoms with Gasteiger partial charge in [-0.25, -0.2) is 0 Å². The van der Waals surface area contributed by atoms with Gasteiger partial charge in [0.2, 0.25) is 5.91 Å². The van der Waals surface area contributed by atoms with Crippen molar-refractivity contribution in [3.8, 4) is 0 Å². The molecule has 0 aliphatic carbocycles. The van der Waals surface area contributed by atoms with Crippen LogP contribution in [0.15, 0.2) is 79.0 Å². The number of hydrogen-bond donors (Lipinski definition) is 1. The van der Waals surface area contributed by atoms with Crippen molar-refractivity contribution in [2.45, 2.75) is 12.6 Å². The number of aromatic nitrogens is 1. The fourth-order valence-electron chi connectivity index (χ4n) is 5.00. The average Bonchev–Trinajstić information content (AvgIpc) is 3.36. The smallest absolute Gasteiger partial charge is 0.260 e. The Bertz CT molecular complexity index is 1490. The molecule has 0 saturated heterocycles. The molecule has 7 nitrogen and oxygen atoms in total. The molecular weight excluding hydrogens is 428 g/mol. The van der Waals surface area contributed by atoms with Crippen LogP contribution in [-0.2, 0) is 11.8 Å². The number of nitrogens with one attached hydrogen (secondary N) is 1. The number of para-hydroxylation sites is 1. The molecule has 3 heterocycles. The highest BCUT2D eigenvalue weighted by molar-refractivity contribution is 6.16. The van der Waals surface area contributed by atoms with Crippen LogP contribution in [0.25, 0.3) is 10.9 Å². The van der Waals surface area contributed by atoms with Crippen LogP contribution < -0.4 is 10.2 Å². The van der Waals surface area contributed by atoms with Crippen LogP contribution in [0.5, 0.6) is 0 Å². The minimum Gasteiger partial charge on any atom is -0.351 e. The fourth-order valence-corrected chi connectivity index (χ4v) is 5.00. The molecule has 1 atom stereocenters. The maximum atomic E-state index is 13.4. The highest BCUT2D eigenvalue weighted by atomic mass is 16.2. The maximum Gasteiger partial charge on any atom is 0.260 e. The molecule has 3 aromatic carbocycles. The normalized spacial score (nSPS) is 16.4. The first-order valence-electron chi connectivity index (χ1n) is 11.2. The first-order valence-corrected chi connectivity index (χ1v) is 11.2. The van der Waals surface area contributed by atoms with Crippen LogP contribution in [0.4, 0.5) is 11.4 Å². The maximum absolute atomic E-state index is 13.4. The summed E-state index contributed by atoms with van der Waals surface area (Å²) in [5, 5.41) is 3.98. The lowest BCUT2D eigenvalue weighted by Crippen LogP contribution is -2.48. The summed E-state index contributed by atoms with van der Waals surface area (Å²) in [5.41, 5.74) is 4.24. The third-order valence-electron chi connectivity index (χ3n) is 6.63. The molecule has 6 rings (SSSR count). The van der Waals surface area contributed by atoms with E-state index in [1.165, 1.54) is 0 Å². The van der Waals surface area contributed by atoms with E-state index in [0.717, 1.165) is 16.5 Å².